The number of sulfonamides is 1. The van der Waals surface area contributed by atoms with Crippen molar-refractivity contribution in [1.29, 1.82) is 0 Å². The fourth-order valence-corrected chi connectivity index (χ4v) is 2.89. The molecule has 1 aromatic rings. The van der Waals surface area contributed by atoms with Gasteiger partial charge in [-0.05, 0) is 12.1 Å². The Morgan fingerprint density at radius 3 is 2.52 bits per heavy atom. The van der Waals surface area contributed by atoms with E-state index in [1.54, 1.807) is 0 Å². The maximum Gasteiger partial charge on any atom is 0.417 e. The molecule has 2 N–H and O–H groups in total. The lowest BCUT2D eigenvalue weighted by atomic mass is 10.2. The van der Waals surface area contributed by atoms with E-state index in [0.29, 0.717) is 6.20 Å². The first-order valence-corrected chi connectivity index (χ1v) is 7.89. The summed E-state index contributed by atoms with van der Waals surface area (Å²) in [7, 11) is -3.48. The van der Waals surface area contributed by atoms with E-state index in [2.05, 4.69) is 9.71 Å². The van der Waals surface area contributed by atoms with Crippen LogP contribution in [0.2, 0.25) is 0 Å². The van der Waals surface area contributed by atoms with Gasteiger partial charge in [-0.25, -0.2) is 18.1 Å². The molecule has 0 amide bonds. The van der Waals surface area contributed by atoms with Gasteiger partial charge in [0, 0.05) is 19.3 Å². The molecular formula is C11H14F3N3O3S. The Bertz CT molecular complexity index is 603. The number of rotatable bonds is 3. The van der Waals surface area contributed by atoms with E-state index >= 15 is 0 Å². The average Bonchev–Trinajstić information content (AvgIpc) is 2.68. The van der Waals surface area contributed by atoms with Crippen molar-refractivity contribution in [3.63, 3.8) is 0 Å². The predicted molar refractivity (Wildman–Crippen MR) is 69.2 cm³/mol. The lowest BCUT2D eigenvalue weighted by Gasteiger charge is -2.17. The van der Waals surface area contributed by atoms with E-state index in [0.717, 1.165) is 12.3 Å². The summed E-state index contributed by atoms with van der Waals surface area (Å²) in [5, 5.41) is 9.79. The van der Waals surface area contributed by atoms with E-state index in [1.807, 2.05) is 0 Å². The highest BCUT2D eigenvalue weighted by Crippen LogP contribution is 2.29. The Labute approximate surface area is 119 Å². The number of nitrogens with zero attached hydrogens (tertiary/aromatic N) is 2. The molecule has 1 aliphatic heterocycles. The van der Waals surface area contributed by atoms with Crippen molar-refractivity contribution in [2.45, 2.75) is 18.3 Å². The van der Waals surface area contributed by atoms with Crippen LogP contribution in [-0.4, -0.2) is 50.0 Å². The van der Waals surface area contributed by atoms with Gasteiger partial charge >= 0.3 is 6.18 Å². The van der Waals surface area contributed by atoms with Crippen LogP contribution in [0.3, 0.4) is 0 Å². The maximum atomic E-state index is 12.4. The van der Waals surface area contributed by atoms with Gasteiger partial charge in [-0.15, -0.1) is 0 Å². The lowest BCUT2D eigenvalue weighted by Crippen LogP contribution is -2.42. The van der Waals surface area contributed by atoms with E-state index in [4.69, 9.17) is 0 Å². The van der Waals surface area contributed by atoms with Gasteiger partial charge in [0.1, 0.15) is 5.82 Å². The molecule has 2 atom stereocenters. The molecule has 0 saturated carbocycles. The number of hydrogen-bond donors (Lipinski definition) is 2. The summed E-state index contributed by atoms with van der Waals surface area (Å²) in [4.78, 5) is 5.23. The highest BCUT2D eigenvalue weighted by molar-refractivity contribution is 7.88. The smallest absolute Gasteiger partial charge is 0.390 e. The van der Waals surface area contributed by atoms with Gasteiger partial charge in [0.05, 0.1) is 24.0 Å². The third kappa shape index (κ3) is 4.05. The van der Waals surface area contributed by atoms with Gasteiger partial charge in [0.15, 0.2) is 0 Å². The van der Waals surface area contributed by atoms with Crippen molar-refractivity contribution in [1.82, 2.24) is 9.71 Å². The minimum absolute atomic E-state index is 0.0888. The highest BCUT2D eigenvalue weighted by Gasteiger charge is 2.35. The van der Waals surface area contributed by atoms with Gasteiger partial charge in [-0.2, -0.15) is 13.2 Å². The molecule has 1 saturated heterocycles. The van der Waals surface area contributed by atoms with E-state index in [-0.39, 0.29) is 18.9 Å². The quantitative estimate of drug-likeness (QED) is 0.830. The van der Waals surface area contributed by atoms with Gasteiger partial charge in [-0.1, -0.05) is 0 Å². The van der Waals surface area contributed by atoms with Crippen LogP contribution in [0.1, 0.15) is 5.56 Å². The third-order valence-corrected chi connectivity index (χ3v) is 3.78. The average molecular weight is 325 g/mol. The molecule has 0 radical (unpaired) electrons. The number of hydrogen-bond acceptors (Lipinski definition) is 5. The molecule has 21 heavy (non-hydrogen) atoms. The van der Waals surface area contributed by atoms with Crippen molar-refractivity contribution >= 4 is 15.8 Å². The minimum Gasteiger partial charge on any atom is -0.390 e. The molecule has 0 aliphatic carbocycles. The number of aromatic nitrogens is 1. The number of halogens is 3. The Balaban J connectivity index is 2.10. The summed E-state index contributed by atoms with van der Waals surface area (Å²) in [5.41, 5.74) is -0.864. The van der Waals surface area contributed by atoms with Crippen LogP contribution in [0.4, 0.5) is 19.0 Å². The van der Waals surface area contributed by atoms with E-state index in [9.17, 15) is 26.7 Å². The summed E-state index contributed by atoms with van der Waals surface area (Å²) < 4.78 is 61.9. The SMILES string of the molecule is CS(=O)(=O)N[C@@H]1CN(c2ccc(C(F)(F)F)cn2)C[C@H]1O. The first kappa shape index (κ1) is 16.0. The molecule has 0 spiro atoms. The summed E-state index contributed by atoms with van der Waals surface area (Å²) in [6.07, 6.45) is -3.74. The molecule has 118 valence electrons. The molecule has 1 fully saturated rings. The van der Waals surface area contributed by atoms with Crippen LogP contribution >= 0.6 is 0 Å². The molecular weight excluding hydrogens is 311 g/mol. The van der Waals surface area contributed by atoms with Crippen molar-refractivity contribution < 1.29 is 26.7 Å². The second kappa shape index (κ2) is 5.43. The van der Waals surface area contributed by atoms with E-state index in [1.165, 1.54) is 11.0 Å². The van der Waals surface area contributed by atoms with Crippen molar-refractivity contribution in [3.8, 4) is 0 Å². The number of aliphatic hydroxyl groups is 1. The topological polar surface area (TPSA) is 82.5 Å². The van der Waals surface area contributed by atoms with Crippen LogP contribution in [0.25, 0.3) is 0 Å². The molecule has 1 aliphatic rings. The Hall–Kier alpha value is -1.39. The number of β-amino-alcohol motifs (C(OH)–C–C–N with tert-alkyl or cyclic N) is 1. The maximum absolute atomic E-state index is 12.4. The van der Waals surface area contributed by atoms with Gasteiger partial charge < -0.3 is 10.0 Å². The van der Waals surface area contributed by atoms with Gasteiger partial charge in [0.25, 0.3) is 0 Å². The summed E-state index contributed by atoms with van der Waals surface area (Å²) >= 11 is 0. The normalized spacial score (nSPS) is 23.6. The van der Waals surface area contributed by atoms with Crippen molar-refractivity contribution in [3.05, 3.63) is 23.9 Å². The fraction of sp³-hybridized carbons (Fsp3) is 0.545. The fourth-order valence-electron chi connectivity index (χ4n) is 2.11. The summed E-state index contributed by atoms with van der Waals surface area (Å²) in [6.45, 7) is 0.220. The molecule has 6 nitrogen and oxygen atoms in total. The molecule has 0 unspecified atom stereocenters. The second-order valence-corrected chi connectivity index (χ2v) is 6.65. The minimum atomic E-state index is -4.46. The number of aliphatic hydroxyl groups excluding tert-OH is 1. The van der Waals surface area contributed by atoms with Crippen molar-refractivity contribution in [2.24, 2.45) is 0 Å². The van der Waals surface area contributed by atoms with Crippen molar-refractivity contribution in [2.75, 3.05) is 24.2 Å². The Morgan fingerprint density at radius 1 is 1.38 bits per heavy atom. The summed E-state index contributed by atoms with van der Waals surface area (Å²) in [6, 6.07) is 1.37. The zero-order chi connectivity index (χ0) is 15.8. The number of anilines is 1. The molecule has 2 heterocycles. The molecule has 2 rings (SSSR count). The van der Waals surface area contributed by atoms with Crippen LogP contribution < -0.4 is 9.62 Å². The van der Waals surface area contributed by atoms with Crippen LogP contribution in [-0.2, 0) is 16.2 Å². The highest BCUT2D eigenvalue weighted by atomic mass is 32.2. The molecule has 10 heteroatoms. The molecule has 0 bridgehead atoms. The predicted octanol–water partition coefficient (Wildman–Crippen LogP) is 0.199. The third-order valence-electron chi connectivity index (χ3n) is 3.05. The van der Waals surface area contributed by atoms with Gasteiger partial charge in [-0.3, -0.25) is 0 Å². The van der Waals surface area contributed by atoms with Crippen LogP contribution in [0.15, 0.2) is 18.3 Å². The Morgan fingerprint density at radius 2 is 2.05 bits per heavy atom. The van der Waals surface area contributed by atoms with Crippen LogP contribution in [0.5, 0.6) is 0 Å². The van der Waals surface area contributed by atoms with Gasteiger partial charge in [0.2, 0.25) is 10.0 Å². The largest absolute Gasteiger partial charge is 0.417 e. The molecule has 0 aromatic carbocycles. The van der Waals surface area contributed by atoms with Crippen LogP contribution in [0, 0.1) is 0 Å². The summed E-state index contributed by atoms with van der Waals surface area (Å²) in [5.74, 6) is 0.250. The number of nitrogens with one attached hydrogen (secondary N) is 1. The monoisotopic (exact) mass is 325 g/mol. The number of alkyl halides is 3. The molecule has 1 aromatic heterocycles. The lowest BCUT2D eigenvalue weighted by molar-refractivity contribution is -0.137. The first-order chi connectivity index (χ1) is 9.56. The van der Waals surface area contributed by atoms with E-state index < -0.39 is 33.9 Å². The standard InChI is InChI=1S/C11H14F3N3O3S/c1-21(19,20)16-8-5-17(6-9(8)18)10-3-2-7(4-15-10)11(12,13)14/h2-4,8-9,16,18H,5-6H2,1H3/t8-,9-/m1/s1. The number of pyridine rings is 1. The second-order valence-electron chi connectivity index (χ2n) is 4.87. The zero-order valence-electron chi connectivity index (χ0n) is 11.0. The Kier molecular flexibility index (Phi) is 4.13. The zero-order valence-corrected chi connectivity index (χ0v) is 11.8. The first-order valence-electron chi connectivity index (χ1n) is 6.00.